The minimum Gasteiger partial charge on any atom is -0.489 e. The molecule has 0 unspecified atom stereocenters. The Bertz CT molecular complexity index is 1370. The molecule has 2 aliphatic heterocycles. The van der Waals surface area contributed by atoms with Gasteiger partial charge in [0.05, 0.1) is 35.2 Å². The molecule has 2 aromatic carbocycles. The van der Waals surface area contributed by atoms with Gasteiger partial charge < -0.3 is 19.1 Å². The van der Waals surface area contributed by atoms with Gasteiger partial charge in [-0.25, -0.2) is 18.2 Å². The quantitative estimate of drug-likeness (QED) is 0.567. The Kier molecular flexibility index (Phi) is 5.90. The Morgan fingerprint density at radius 3 is 2.74 bits per heavy atom. The highest BCUT2D eigenvalue weighted by Gasteiger charge is 2.34. The number of halogens is 3. The third-order valence-electron chi connectivity index (χ3n) is 6.78. The van der Waals surface area contributed by atoms with Gasteiger partial charge in [0.25, 0.3) is 6.43 Å². The molecule has 0 N–H and O–H groups in total. The van der Waals surface area contributed by atoms with Crippen LogP contribution in [0, 0.1) is 5.82 Å². The number of amides is 1. The van der Waals surface area contributed by atoms with Gasteiger partial charge >= 0.3 is 0 Å². The second-order valence-electron chi connectivity index (χ2n) is 9.00. The second-order valence-corrected chi connectivity index (χ2v) is 9.00. The first-order chi connectivity index (χ1) is 16.7. The number of benzene rings is 2. The maximum atomic E-state index is 14.7. The first-order valence-corrected chi connectivity index (χ1v) is 11.5. The zero-order chi connectivity index (χ0) is 24.9. The molecule has 1 saturated heterocycles. The zero-order valence-electron chi connectivity index (χ0n) is 19.7. The third-order valence-corrected chi connectivity index (χ3v) is 6.78. The summed E-state index contributed by atoms with van der Waals surface area (Å²) in [4.78, 5) is 25.0. The molecule has 0 aliphatic carbocycles. The van der Waals surface area contributed by atoms with Crippen molar-refractivity contribution in [2.75, 3.05) is 31.1 Å². The van der Waals surface area contributed by atoms with Crippen molar-refractivity contribution in [3.05, 3.63) is 59.1 Å². The Balaban J connectivity index is 1.59. The lowest BCUT2D eigenvalue weighted by atomic mass is 10.0. The maximum absolute atomic E-state index is 14.7. The second kappa shape index (κ2) is 8.90. The molecule has 10 heteroatoms. The first-order valence-electron chi connectivity index (χ1n) is 11.5. The fraction of sp³-hybridized carbons (Fsp3) is 0.400. The number of hydrogen-bond donors (Lipinski definition) is 0. The Morgan fingerprint density at radius 1 is 1.23 bits per heavy atom. The molecule has 35 heavy (non-hydrogen) atoms. The number of anilines is 1. The van der Waals surface area contributed by atoms with E-state index < -0.39 is 23.8 Å². The van der Waals surface area contributed by atoms with Crippen molar-refractivity contribution in [2.24, 2.45) is 12.0 Å². The van der Waals surface area contributed by atoms with Gasteiger partial charge in [0.15, 0.2) is 5.49 Å². The standard InChI is InChI=1S/C25H26F3N5O2/c1-14(17-5-4-6-18(23(17)26)24(27)28)30-25-19-9-21-22(10-20(19)31(3)13-29-25)35-12-16-11-32(15(2)34)7-8-33(16)21/h4-6,9-10,13-14,16,24H,7-8,11-12H2,1-3H3/b30-25-/t14-,16+/m1/s1. The number of fused-ring (bicyclic) bond motifs is 4. The van der Waals surface area contributed by atoms with Crippen LogP contribution in [0.5, 0.6) is 5.75 Å². The fourth-order valence-corrected chi connectivity index (χ4v) is 4.84. The number of aryl methyl sites for hydroxylation is 1. The summed E-state index contributed by atoms with van der Waals surface area (Å²) in [5.41, 5.74) is 1.56. The number of rotatable bonds is 3. The fourth-order valence-electron chi connectivity index (χ4n) is 4.84. The molecule has 2 atom stereocenters. The van der Waals surface area contributed by atoms with E-state index in [0.717, 1.165) is 28.4 Å². The molecular weight excluding hydrogens is 459 g/mol. The van der Waals surface area contributed by atoms with E-state index in [1.165, 1.54) is 12.1 Å². The molecule has 0 bridgehead atoms. The molecule has 2 aliphatic rings. The van der Waals surface area contributed by atoms with Gasteiger partial charge in [0.1, 0.15) is 18.2 Å². The number of nitrogens with zero attached hydrogens (tertiary/aromatic N) is 5. The number of hydrogen-bond acceptors (Lipinski definition) is 5. The van der Waals surface area contributed by atoms with Gasteiger partial charge in [-0.1, -0.05) is 18.2 Å². The Morgan fingerprint density at radius 2 is 2.00 bits per heavy atom. The highest BCUT2D eigenvalue weighted by molar-refractivity contribution is 5.86. The summed E-state index contributed by atoms with van der Waals surface area (Å²) in [6.45, 7) is 5.59. The number of aromatic nitrogens is 2. The summed E-state index contributed by atoms with van der Waals surface area (Å²) >= 11 is 0. The van der Waals surface area contributed by atoms with Gasteiger partial charge in [0.2, 0.25) is 5.91 Å². The van der Waals surface area contributed by atoms with E-state index in [4.69, 9.17) is 4.74 Å². The number of piperazine rings is 1. The van der Waals surface area contributed by atoms with Crippen LogP contribution in [0.25, 0.3) is 10.9 Å². The maximum Gasteiger partial charge on any atom is 0.266 e. The smallest absolute Gasteiger partial charge is 0.266 e. The molecular formula is C25H26F3N5O2. The summed E-state index contributed by atoms with van der Waals surface area (Å²) in [7, 11) is 1.86. The molecule has 184 valence electrons. The van der Waals surface area contributed by atoms with Gasteiger partial charge in [-0.15, -0.1) is 0 Å². The number of alkyl halides is 2. The zero-order valence-corrected chi connectivity index (χ0v) is 19.7. The molecule has 3 heterocycles. The monoisotopic (exact) mass is 485 g/mol. The van der Waals surface area contributed by atoms with E-state index >= 15 is 0 Å². The molecule has 0 saturated carbocycles. The van der Waals surface area contributed by atoms with Crippen LogP contribution < -0.4 is 15.1 Å². The largest absolute Gasteiger partial charge is 0.489 e. The van der Waals surface area contributed by atoms with Crippen LogP contribution >= 0.6 is 0 Å². The molecule has 5 rings (SSSR count). The summed E-state index contributed by atoms with van der Waals surface area (Å²) in [6.07, 6.45) is -1.29. The lowest BCUT2D eigenvalue weighted by Gasteiger charge is -2.45. The predicted octanol–water partition coefficient (Wildman–Crippen LogP) is 3.74. The third kappa shape index (κ3) is 4.11. The lowest BCUT2D eigenvalue weighted by Crippen LogP contribution is -2.58. The van der Waals surface area contributed by atoms with Crippen LogP contribution in [0.1, 0.15) is 37.4 Å². The van der Waals surface area contributed by atoms with Gasteiger partial charge in [-0.3, -0.25) is 9.79 Å². The van der Waals surface area contributed by atoms with E-state index in [0.29, 0.717) is 31.7 Å². The molecule has 7 nitrogen and oxygen atoms in total. The number of carbonyl (C=O) groups excluding carboxylic acids is 1. The van der Waals surface area contributed by atoms with E-state index in [1.54, 1.807) is 20.2 Å². The molecule has 0 spiro atoms. The first kappa shape index (κ1) is 23.2. The van der Waals surface area contributed by atoms with Crippen LogP contribution in [-0.4, -0.2) is 52.6 Å². The molecule has 1 fully saturated rings. The predicted molar refractivity (Wildman–Crippen MR) is 125 cm³/mol. The summed E-state index contributed by atoms with van der Waals surface area (Å²) in [5, 5.41) is 0.740. The van der Waals surface area contributed by atoms with Crippen molar-refractivity contribution in [3.8, 4) is 5.75 Å². The Labute approximate surface area is 200 Å². The van der Waals surface area contributed by atoms with Gasteiger partial charge in [-0.05, 0) is 13.0 Å². The van der Waals surface area contributed by atoms with Gasteiger partial charge in [0, 0.05) is 50.6 Å². The highest BCUT2D eigenvalue weighted by atomic mass is 19.3. The van der Waals surface area contributed by atoms with E-state index in [2.05, 4.69) is 14.9 Å². The van der Waals surface area contributed by atoms with Crippen molar-refractivity contribution < 1.29 is 22.7 Å². The van der Waals surface area contributed by atoms with Crippen molar-refractivity contribution in [1.29, 1.82) is 0 Å². The SMILES string of the molecule is CC(=O)N1CCN2c3cc4/c(=N/[C@H](C)c5cccc(C(F)F)c5F)ncn(C)c4cc3OC[C@@H]2C1. The summed E-state index contributed by atoms with van der Waals surface area (Å²) in [6, 6.07) is 7.17. The normalized spacial score (nSPS) is 18.9. The minimum absolute atomic E-state index is 0.0357. The highest BCUT2D eigenvalue weighted by Crippen LogP contribution is 2.38. The van der Waals surface area contributed by atoms with Crippen LogP contribution in [-0.2, 0) is 11.8 Å². The molecule has 0 radical (unpaired) electrons. The lowest BCUT2D eigenvalue weighted by molar-refractivity contribution is -0.129. The van der Waals surface area contributed by atoms with Crippen LogP contribution in [0.15, 0.2) is 41.7 Å². The Hall–Kier alpha value is -3.56. The van der Waals surface area contributed by atoms with Crippen molar-refractivity contribution in [3.63, 3.8) is 0 Å². The van der Waals surface area contributed by atoms with E-state index in [1.807, 2.05) is 28.6 Å². The van der Waals surface area contributed by atoms with E-state index in [9.17, 15) is 18.0 Å². The summed E-state index contributed by atoms with van der Waals surface area (Å²) < 4.78 is 49.0. The van der Waals surface area contributed by atoms with Crippen molar-refractivity contribution >= 4 is 22.5 Å². The number of carbonyl (C=O) groups is 1. The van der Waals surface area contributed by atoms with Crippen LogP contribution in [0.3, 0.4) is 0 Å². The average Bonchev–Trinajstić information content (AvgIpc) is 2.84. The van der Waals surface area contributed by atoms with Crippen molar-refractivity contribution in [1.82, 2.24) is 14.5 Å². The topological polar surface area (TPSA) is 63.0 Å². The van der Waals surface area contributed by atoms with Crippen LogP contribution in [0.4, 0.5) is 18.9 Å². The molecule has 1 aromatic heterocycles. The number of ether oxygens (including phenoxy) is 1. The molecule has 1 amide bonds. The average molecular weight is 486 g/mol. The van der Waals surface area contributed by atoms with E-state index in [-0.39, 0.29) is 17.5 Å². The minimum atomic E-state index is -2.90. The molecule has 3 aromatic rings. The van der Waals surface area contributed by atoms with Crippen molar-refractivity contribution in [2.45, 2.75) is 32.4 Å². The van der Waals surface area contributed by atoms with Crippen LogP contribution in [0.2, 0.25) is 0 Å². The summed E-state index contributed by atoms with van der Waals surface area (Å²) in [5.74, 6) is -0.161. The van der Waals surface area contributed by atoms with Gasteiger partial charge in [-0.2, -0.15) is 0 Å².